The van der Waals surface area contributed by atoms with Crippen molar-refractivity contribution in [3.8, 4) is 0 Å². The zero-order chi connectivity index (χ0) is 17.5. The summed E-state index contributed by atoms with van der Waals surface area (Å²) in [4.78, 5) is 16.5. The summed E-state index contributed by atoms with van der Waals surface area (Å²) < 4.78 is 2.11. The third-order valence-electron chi connectivity index (χ3n) is 3.98. The maximum atomic E-state index is 12.1. The Hall–Kier alpha value is -2.59. The fourth-order valence-corrected chi connectivity index (χ4v) is 2.89. The zero-order valence-corrected chi connectivity index (χ0v) is 14.6. The van der Waals surface area contributed by atoms with E-state index in [2.05, 4.69) is 27.0 Å². The van der Waals surface area contributed by atoms with Crippen LogP contribution in [0.15, 0.2) is 67.0 Å². The van der Waals surface area contributed by atoms with Crippen LogP contribution in [0.3, 0.4) is 0 Å². The quantitative estimate of drug-likeness (QED) is 0.706. The Balaban J connectivity index is 1.50. The van der Waals surface area contributed by atoms with Gasteiger partial charge in [-0.2, -0.15) is 0 Å². The third-order valence-corrected chi connectivity index (χ3v) is 4.35. The number of amides is 1. The van der Waals surface area contributed by atoms with Crippen LogP contribution >= 0.6 is 11.6 Å². The lowest BCUT2D eigenvalue weighted by molar-refractivity contribution is -0.120. The average Bonchev–Trinajstić information content (AvgIpc) is 3.05. The molecule has 1 heterocycles. The number of carbonyl (C=O) groups excluding carboxylic acids is 1. The smallest absolute Gasteiger partial charge is 0.224 e. The summed E-state index contributed by atoms with van der Waals surface area (Å²) >= 11 is 6.09. The molecule has 25 heavy (non-hydrogen) atoms. The van der Waals surface area contributed by atoms with Gasteiger partial charge in [0.05, 0.1) is 6.42 Å². The lowest BCUT2D eigenvalue weighted by Crippen LogP contribution is -2.28. The van der Waals surface area contributed by atoms with Crippen LogP contribution < -0.4 is 5.32 Å². The van der Waals surface area contributed by atoms with Crippen LogP contribution in [0.5, 0.6) is 0 Å². The summed E-state index contributed by atoms with van der Waals surface area (Å²) in [6, 6.07) is 17.7. The van der Waals surface area contributed by atoms with Gasteiger partial charge in [-0.1, -0.05) is 60.1 Å². The molecule has 0 saturated heterocycles. The summed E-state index contributed by atoms with van der Waals surface area (Å²) in [5.41, 5.74) is 2.07. The van der Waals surface area contributed by atoms with E-state index >= 15 is 0 Å². The highest BCUT2D eigenvalue weighted by Crippen LogP contribution is 2.15. The fraction of sp³-hybridized carbons (Fsp3) is 0.200. The van der Waals surface area contributed by atoms with E-state index in [4.69, 9.17) is 11.6 Å². The fourth-order valence-electron chi connectivity index (χ4n) is 2.68. The van der Waals surface area contributed by atoms with E-state index in [1.54, 1.807) is 12.3 Å². The highest BCUT2D eigenvalue weighted by Gasteiger charge is 2.08. The number of aromatic nitrogens is 2. The molecule has 0 saturated carbocycles. The van der Waals surface area contributed by atoms with Crippen molar-refractivity contribution in [3.63, 3.8) is 0 Å². The van der Waals surface area contributed by atoms with E-state index in [-0.39, 0.29) is 12.3 Å². The van der Waals surface area contributed by atoms with Gasteiger partial charge in [0.15, 0.2) is 0 Å². The molecule has 2 aromatic carbocycles. The molecule has 3 rings (SSSR count). The summed E-state index contributed by atoms with van der Waals surface area (Å²) in [5.74, 6) is 0.927. The molecule has 3 aromatic rings. The molecule has 0 fully saturated rings. The minimum atomic E-state index is -0.0331. The number of nitrogens with one attached hydrogen (secondary N) is 1. The first kappa shape index (κ1) is 17.2. The summed E-state index contributed by atoms with van der Waals surface area (Å²) in [6.45, 7) is 1.33. The maximum Gasteiger partial charge on any atom is 0.224 e. The van der Waals surface area contributed by atoms with Crippen LogP contribution in [0.4, 0.5) is 0 Å². The van der Waals surface area contributed by atoms with Gasteiger partial charge in [0.1, 0.15) is 5.82 Å². The molecule has 0 aliphatic carbocycles. The SMILES string of the molecule is O=C(Cc1ccccc1Cl)NCCc1nccn1Cc1ccccc1. The number of hydrogen-bond acceptors (Lipinski definition) is 2. The van der Waals surface area contributed by atoms with Gasteiger partial charge in [-0.3, -0.25) is 4.79 Å². The molecule has 1 N–H and O–H groups in total. The van der Waals surface area contributed by atoms with Crippen LogP contribution in [-0.2, 0) is 24.2 Å². The zero-order valence-electron chi connectivity index (χ0n) is 13.9. The first-order valence-electron chi connectivity index (χ1n) is 8.26. The van der Waals surface area contributed by atoms with Crippen LogP contribution in [0.25, 0.3) is 0 Å². The van der Waals surface area contributed by atoms with Crippen molar-refractivity contribution in [2.45, 2.75) is 19.4 Å². The Morgan fingerprint density at radius 1 is 1.08 bits per heavy atom. The minimum Gasteiger partial charge on any atom is -0.355 e. The van der Waals surface area contributed by atoms with Gasteiger partial charge < -0.3 is 9.88 Å². The number of rotatable bonds is 7. The standard InChI is InChI=1S/C20H20ClN3O/c21-18-9-5-4-8-17(18)14-20(25)23-11-10-19-22-12-13-24(19)15-16-6-2-1-3-7-16/h1-9,12-13H,10-11,14-15H2,(H,23,25). The maximum absolute atomic E-state index is 12.1. The molecule has 0 unspecified atom stereocenters. The van der Waals surface area contributed by atoms with Gasteiger partial charge >= 0.3 is 0 Å². The second-order valence-corrected chi connectivity index (χ2v) is 6.23. The molecule has 0 radical (unpaired) electrons. The molecule has 4 nitrogen and oxygen atoms in total. The predicted molar refractivity (Wildman–Crippen MR) is 99.6 cm³/mol. The Morgan fingerprint density at radius 2 is 1.84 bits per heavy atom. The molecule has 0 aliphatic rings. The van der Waals surface area contributed by atoms with Gasteiger partial charge in [0, 0.05) is 36.9 Å². The molecular weight excluding hydrogens is 334 g/mol. The van der Waals surface area contributed by atoms with E-state index in [0.29, 0.717) is 18.0 Å². The van der Waals surface area contributed by atoms with Gasteiger partial charge in [0.2, 0.25) is 5.91 Å². The van der Waals surface area contributed by atoms with E-state index in [1.807, 2.05) is 42.6 Å². The molecule has 0 bridgehead atoms. The van der Waals surface area contributed by atoms with Crippen molar-refractivity contribution < 1.29 is 4.79 Å². The molecule has 1 amide bonds. The van der Waals surface area contributed by atoms with E-state index in [1.165, 1.54) is 5.56 Å². The second-order valence-electron chi connectivity index (χ2n) is 5.83. The monoisotopic (exact) mass is 353 g/mol. The first-order valence-corrected chi connectivity index (χ1v) is 8.64. The molecular formula is C20H20ClN3O. The third kappa shape index (κ3) is 4.94. The van der Waals surface area contributed by atoms with Gasteiger partial charge in [0.25, 0.3) is 0 Å². The Labute approximate surface area is 152 Å². The number of halogens is 1. The number of carbonyl (C=O) groups is 1. The lowest BCUT2D eigenvalue weighted by Gasteiger charge is -2.09. The molecule has 128 valence electrons. The van der Waals surface area contributed by atoms with Gasteiger partial charge in [-0.25, -0.2) is 4.98 Å². The summed E-state index contributed by atoms with van der Waals surface area (Å²) in [5, 5.41) is 3.56. The van der Waals surface area contributed by atoms with Gasteiger partial charge in [-0.05, 0) is 17.2 Å². The average molecular weight is 354 g/mol. The minimum absolute atomic E-state index is 0.0331. The van der Waals surface area contributed by atoms with Crippen molar-refractivity contribution in [3.05, 3.63) is 89.0 Å². The number of imidazole rings is 1. The van der Waals surface area contributed by atoms with Gasteiger partial charge in [-0.15, -0.1) is 0 Å². The predicted octanol–water partition coefficient (Wildman–Crippen LogP) is 3.49. The van der Waals surface area contributed by atoms with Crippen LogP contribution in [0.2, 0.25) is 5.02 Å². The van der Waals surface area contributed by atoms with Crippen molar-refractivity contribution in [2.75, 3.05) is 6.54 Å². The summed E-state index contributed by atoms with van der Waals surface area (Å²) in [7, 11) is 0. The van der Waals surface area contributed by atoms with Crippen LogP contribution in [0.1, 0.15) is 17.0 Å². The molecule has 5 heteroatoms. The summed E-state index contributed by atoms with van der Waals surface area (Å²) in [6.07, 6.45) is 4.74. The Morgan fingerprint density at radius 3 is 2.64 bits per heavy atom. The number of hydrogen-bond donors (Lipinski definition) is 1. The highest BCUT2D eigenvalue weighted by molar-refractivity contribution is 6.31. The Kier molecular flexibility index (Phi) is 5.86. The second kappa shape index (κ2) is 8.49. The largest absolute Gasteiger partial charge is 0.355 e. The van der Waals surface area contributed by atoms with Crippen molar-refractivity contribution >= 4 is 17.5 Å². The molecule has 0 spiro atoms. The van der Waals surface area contributed by atoms with E-state index < -0.39 is 0 Å². The van der Waals surface area contributed by atoms with Crippen molar-refractivity contribution in [1.29, 1.82) is 0 Å². The topological polar surface area (TPSA) is 46.9 Å². The molecule has 0 atom stereocenters. The van der Waals surface area contributed by atoms with Crippen LogP contribution in [-0.4, -0.2) is 22.0 Å². The van der Waals surface area contributed by atoms with E-state index in [0.717, 1.165) is 17.9 Å². The number of nitrogens with zero attached hydrogens (tertiary/aromatic N) is 2. The lowest BCUT2D eigenvalue weighted by atomic mass is 10.1. The van der Waals surface area contributed by atoms with E-state index in [9.17, 15) is 4.79 Å². The molecule has 0 aliphatic heterocycles. The Bertz CT molecular complexity index is 830. The molecule has 1 aromatic heterocycles. The number of benzene rings is 2. The normalized spacial score (nSPS) is 10.6. The first-order chi connectivity index (χ1) is 12.2. The van der Waals surface area contributed by atoms with Crippen molar-refractivity contribution in [2.24, 2.45) is 0 Å². The van der Waals surface area contributed by atoms with Crippen molar-refractivity contribution in [1.82, 2.24) is 14.9 Å². The highest BCUT2D eigenvalue weighted by atomic mass is 35.5. The van der Waals surface area contributed by atoms with Crippen LogP contribution in [0, 0.1) is 0 Å².